The van der Waals surface area contributed by atoms with E-state index < -0.39 is 29.6 Å². The Morgan fingerprint density at radius 3 is 2.41 bits per heavy atom. The van der Waals surface area contributed by atoms with E-state index in [4.69, 9.17) is 9.47 Å². The summed E-state index contributed by atoms with van der Waals surface area (Å²) in [7, 11) is 0. The molecule has 1 aliphatic carbocycles. The zero-order chi connectivity index (χ0) is 29.7. The number of pyridine rings is 1. The zero-order valence-electron chi connectivity index (χ0n) is 24.3. The van der Waals surface area contributed by atoms with Crippen LogP contribution in [0.1, 0.15) is 75.0 Å². The number of piperazine rings is 1. The summed E-state index contributed by atoms with van der Waals surface area (Å²) < 4.78 is 10.5. The van der Waals surface area contributed by atoms with Gasteiger partial charge in [-0.15, -0.1) is 0 Å². The molecule has 0 bridgehead atoms. The minimum Gasteiger partial charge on any atom is -0.507 e. The molecule has 3 amide bonds. The number of benzene rings is 1. The number of hydrogen-bond donors (Lipinski definition) is 2. The molecule has 2 N–H and O–H groups in total. The fraction of sp³-hybridized carbons (Fsp3) is 0.567. The highest BCUT2D eigenvalue weighted by Gasteiger charge is 2.32. The third kappa shape index (κ3) is 7.45. The van der Waals surface area contributed by atoms with Crippen LogP contribution in [-0.4, -0.2) is 88.2 Å². The summed E-state index contributed by atoms with van der Waals surface area (Å²) in [4.78, 5) is 59.3. The molecule has 1 aliphatic heterocycles. The van der Waals surface area contributed by atoms with Crippen LogP contribution in [0.15, 0.2) is 18.2 Å². The normalized spacial score (nSPS) is 16.1. The van der Waals surface area contributed by atoms with Crippen LogP contribution in [0.25, 0.3) is 10.9 Å². The van der Waals surface area contributed by atoms with E-state index >= 15 is 0 Å². The molecule has 2 aromatic rings. The van der Waals surface area contributed by atoms with Gasteiger partial charge in [0, 0.05) is 44.1 Å². The maximum atomic E-state index is 13.6. The Morgan fingerprint density at radius 1 is 1.05 bits per heavy atom. The highest BCUT2D eigenvalue weighted by Crippen LogP contribution is 2.32. The van der Waals surface area contributed by atoms with Gasteiger partial charge in [-0.2, -0.15) is 0 Å². The van der Waals surface area contributed by atoms with Gasteiger partial charge in [0.05, 0.1) is 12.1 Å². The predicted molar refractivity (Wildman–Crippen MR) is 152 cm³/mol. The summed E-state index contributed by atoms with van der Waals surface area (Å²) >= 11 is 0. The lowest BCUT2D eigenvalue weighted by Gasteiger charge is -2.36. The molecule has 1 aromatic heterocycles. The van der Waals surface area contributed by atoms with E-state index in [-0.39, 0.29) is 49.9 Å². The second-order valence-electron chi connectivity index (χ2n) is 11.5. The summed E-state index contributed by atoms with van der Waals surface area (Å²) in [6.07, 6.45) is 3.34. The van der Waals surface area contributed by atoms with E-state index in [0.29, 0.717) is 24.0 Å². The van der Waals surface area contributed by atoms with Gasteiger partial charge in [-0.25, -0.2) is 9.78 Å². The summed E-state index contributed by atoms with van der Waals surface area (Å²) in [6.45, 7) is 8.38. The van der Waals surface area contributed by atoms with Crippen molar-refractivity contribution in [2.75, 3.05) is 32.8 Å². The maximum absolute atomic E-state index is 13.6. The van der Waals surface area contributed by atoms with Crippen LogP contribution < -0.4 is 5.32 Å². The molecule has 11 nitrogen and oxygen atoms in total. The molecule has 1 atom stereocenters. The van der Waals surface area contributed by atoms with Gasteiger partial charge < -0.3 is 29.7 Å². The lowest BCUT2D eigenvalue weighted by atomic mass is 9.89. The van der Waals surface area contributed by atoms with Gasteiger partial charge in [-0.1, -0.05) is 6.07 Å². The van der Waals surface area contributed by atoms with Crippen molar-refractivity contribution in [1.29, 1.82) is 0 Å². The van der Waals surface area contributed by atoms with Crippen molar-refractivity contribution in [2.24, 2.45) is 0 Å². The highest BCUT2D eigenvalue weighted by atomic mass is 16.6. The number of esters is 1. The smallest absolute Gasteiger partial charge is 0.409 e. The quantitative estimate of drug-likeness (QED) is 0.485. The average Bonchev–Trinajstić information content (AvgIpc) is 2.93. The van der Waals surface area contributed by atoms with Crippen molar-refractivity contribution in [3.8, 4) is 5.75 Å². The van der Waals surface area contributed by atoms with Crippen LogP contribution in [-0.2, 0) is 31.9 Å². The molecular weight excluding hydrogens is 528 g/mol. The fourth-order valence-electron chi connectivity index (χ4n) is 5.31. The zero-order valence-corrected chi connectivity index (χ0v) is 24.3. The number of aromatic hydroxyl groups is 1. The molecule has 2 heterocycles. The Balaban J connectivity index is 1.53. The standard InChI is InChI=1S/C30H40N4O7/c1-5-40-29(39)34-16-14-33(15-17-34)28(38)22(12-13-25(36)41-30(2,3)4)32-27(37)23-18-24(35)21-11-10-19-8-6-7-9-20(19)26(21)31-23/h10-11,18,22H,5-9,12-17H2,1-4H3,(H,31,35)(H,32,37). The van der Waals surface area contributed by atoms with E-state index in [2.05, 4.69) is 10.3 Å². The number of carbonyl (C=O) groups excluding carboxylic acids is 4. The Labute approximate surface area is 240 Å². The van der Waals surface area contributed by atoms with Crippen LogP contribution in [0.4, 0.5) is 4.79 Å². The number of hydrogen-bond acceptors (Lipinski definition) is 8. The van der Waals surface area contributed by atoms with Gasteiger partial charge in [0.1, 0.15) is 23.1 Å². The van der Waals surface area contributed by atoms with Gasteiger partial charge in [-0.3, -0.25) is 14.4 Å². The molecule has 1 fully saturated rings. The van der Waals surface area contributed by atoms with E-state index in [9.17, 15) is 24.3 Å². The number of carbonyl (C=O) groups is 4. The molecule has 11 heteroatoms. The lowest BCUT2D eigenvalue weighted by Crippen LogP contribution is -2.56. The SMILES string of the molecule is CCOC(=O)N1CCN(C(=O)C(CCC(=O)OC(C)(C)C)NC(=O)c2cc(O)c3ccc4c(c3n2)CCCC4)CC1. The van der Waals surface area contributed by atoms with Crippen molar-refractivity contribution in [3.63, 3.8) is 0 Å². The van der Waals surface area contributed by atoms with E-state index in [0.717, 1.165) is 31.2 Å². The van der Waals surface area contributed by atoms with Gasteiger partial charge in [-0.05, 0) is 77.0 Å². The highest BCUT2D eigenvalue weighted by molar-refractivity contribution is 6.00. The number of fused-ring (bicyclic) bond motifs is 3. The van der Waals surface area contributed by atoms with Crippen LogP contribution in [0.2, 0.25) is 0 Å². The van der Waals surface area contributed by atoms with Gasteiger partial charge in [0.15, 0.2) is 0 Å². The number of ether oxygens (including phenoxy) is 2. The fourth-order valence-corrected chi connectivity index (χ4v) is 5.31. The number of aromatic nitrogens is 1. The van der Waals surface area contributed by atoms with Crippen LogP contribution >= 0.6 is 0 Å². The third-order valence-corrected chi connectivity index (χ3v) is 7.29. The van der Waals surface area contributed by atoms with Crippen molar-refractivity contribution in [1.82, 2.24) is 20.1 Å². The van der Waals surface area contributed by atoms with Gasteiger partial charge >= 0.3 is 12.1 Å². The molecule has 2 aliphatic rings. The first-order valence-electron chi connectivity index (χ1n) is 14.3. The number of aryl methyl sites for hydroxylation is 2. The lowest BCUT2D eigenvalue weighted by molar-refractivity contribution is -0.155. The Kier molecular flexibility index (Phi) is 9.35. The average molecular weight is 569 g/mol. The molecule has 1 aromatic carbocycles. The number of nitrogens with one attached hydrogen (secondary N) is 1. The molecule has 0 spiro atoms. The largest absolute Gasteiger partial charge is 0.507 e. The van der Waals surface area contributed by atoms with Crippen molar-refractivity contribution in [3.05, 3.63) is 35.0 Å². The summed E-state index contributed by atoms with van der Waals surface area (Å²) in [5.41, 5.74) is 2.11. The van der Waals surface area contributed by atoms with Gasteiger partial charge in [0.25, 0.3) is 5.91 Å². The number of nitrogens with zero attached hydrogens (tertiary/aromatic N) is 3. The monoisotopic (exact) mass is 568 g/mol. The Hall–Kier alpha value is -3.89. The van der Waals surface area contributed by atoms with Crippen molar-refractivity contribution >= 4 is 34.8 Å². The van der Waals surface area contributed by atoms with Crippen LogP contribution in [0.3, 0.4) is 0 Å². The third-order valence-electron chi connectivity index (χ3n) is 7.29. The molecule has 0 radical (unpaired) electrons. The summed E-state index contributed by atoms with van der Waals surface area (Å²) in [6, 6.07) is 4.10. The van der Waals surface area contributed by atoms with Gasteiger partial charge in [0.2, 0.25) is 5.91 Å². The first kappa shape index (κ1) is 30.1. The van der Waals surface area contributed by atoms with Crippen molar-refractivity contribution in [2.45, 2.75) is 77.9 Å². The second kappa shape index (κ2) is 12.7. The molecule has 41 heavy (non-hydrogen) atoms. The minimum absolute atomic E-state index is 0.00354. The molecular formula is C30H40N4O7. The van der Waals surface area contributed by atoms with Crippen molar-refractivity contribution < 1.29 is 33.8 Å². The Morgan fingerprint density at radius 2 is 1.73 bits per heavy atom. The maximum Gasteiger partial charge on any atom is 0.409 e. The molecule has 222 valence electrons. The van der Waals surface area contributed by atoms with Crippen LogP contribution in [0, 0.1) is 0 Å². The topological polar surface area (TPSA) is 138 Å². The first-order chi connectivity index (χ1) is 19.5. The predicted octanol–water partition coefficient (Wildman–Crippen LogP) is 3.34. The molecule has 1 saturated heterocycles. The molecule has 4 rings (SSSR count). The Bertz CT molecular complexity index is 1310. The van der Waals surface area contributed by atoms with E-state index in [1.165, 1.54) is 16.5 Å². The molecule has 0 saturated carbocycles. The van der Waals surface area contributed by atoms with E-state index in [1.54, 1.807) is 32.6 Å². The number of amides is 3. The first-order valence-corrected chi connectivity index (χ1v) is 14.3. The minimum atomic E-state index is -1.03. The summed E-state index contributed by atoms with van der Waals surface area (Å²) in [5, 5.41) is 14.1. The number of rotatable bonds is 7. The van der Waals surface area contributed by atoms with Crippen LogP contribution in [0.5, 0.6) is 5.75 Å². The second-order valence-corrected chi connectivity index (χ2v) is 11.5. The summed E-state index contributed by atoms with van der Waals surface area (Å²) in [5.74, 6) is -1.53. The molecule has 1 unspecified atom stereocenters. The van der Waals surface area contributed by atoms with E-state index in [1.807, 2.05) is 12.1 Å².